The Balaban J connectivity index is 5.16. The molecule has 2 unspecified atom stereocenters. The minimum Gasteiger partial charge on any atom is -0.462 e. The number of aliphatic hydroxyl groups excluding tert-OH is 1. The Hall–Kier alpha value is -1.94. The van der Waals surface area contributed by atoms with Gasteiger partial charge >= 0.3 is 39.5 Å². The predicted molar refractivity (Wildman–Crippen MR) is 391 cm³/mol. The van der Waals surface area contributed by atoms with Gasteiger partial charge in [-0.05, 0) is 31.6 Å². The Morgan fingerprint density at radius 1 is 0.281 bits per heavy atom. The molecule has 0 spiro atoms. The normalized spacial score (nSPS) is 13.9. The van der Waals surface area contributed by atoms with Crippen LogP contribution in [0.3, 0.4) is 0 Å². The van der Waals surface area contributed by atoms with Crippen LogP contribution in [0.5, 0.6) is 0 Å². The molecule has 0 fully saturated rings. The van der Waals surface area contributed by atoms with E-state index in [4.69, 9.17) is 37.0 Å². The summed E-state index contributed by atoms with van der Waals surface area (Å²) in [5, 5.41) is 10.6. The van der Waals surface area contributed by atoms with Gasteiger partial charge in [0.1, 0.15) is 19.3 Å². The number of unbranched alkanes of at least 4 members (excludes halogenated alkanes) is 49. The van der Waals surface area contributed by atoms with Gasteiger partial charge in [-0.3, -0.25) is 37.3 Å². The van der Waals surface area contributed by atoms with Crippen molar-refractivity contribution in [3.8, 4) is 0 Å². The lowest BCUT2D eigenvalue weighted by molar-refractivity contribution is -0.161. The minimum absolute atomic E-state index is 0.107. The second-order valence-electron chi connectivity index (χ2n) is 28.2. The van der Waals surface area contributed by atoms with Gasteiger partial charge in [-0.15, -0.1) is 0 Å². The molecule has 0 aromatic heterocycles. The van der Waals surface area contributed by atoms with Gasteiger partial charge in [-0.25, -0.2) is 9.13 Å². The van der Waals surface area contributed by atoms with Crippen molar-refractivity contribution in [2.45, 2.75) is 425 Å². The van der Waals surface area contributed by atoms with Crippen molar-refractivity contribution < 1.29 is 80.2 Å². The first-order chi connectivity index (χ1) is 46.5. The molecule has 0 saturated heterocycles. The van der Waals surface area contributed by atoms with Gasteiger partial charge < -0.3 is 33.8 Å². The van der Waals surface area contributed by atoms with Crippen LogP contribution in [-0.2, 0) is 65.4 Å². The number of phosphoric ester groups is 2. The number of aliphatic hydroxyl groups is 1. The Kier molecular flexibility index (Phi) is 68.7. The summed E-state index contributed by atoms with van der Waals surface area (Å²) in [6, 6.07) is 0. The summed E-state index contributed by atoms with van der Waals surface area (Å²) >= 11 is 0. The summed E-state index contributed by atoms with van der Waals surface area (Å²) in [6.07, 6.45) is 59.9. The van der Waals surface area contributed by atoms with Crippen molar-refractivity contribution in [3.05, 3.63) is 0 Å². The molecule has 570 valence electrons. The van der Waals surface area contributed by atoms with Crippen LogP contribution in [0.25, 0.3) is 0 Å². The zero-order chi connectivity index (χ0) is 70.5. The largest absolute Gasteiger partial charge is 0.472 e. The molecule has 0 rings (SSSR count). The van der Waals surface area contributed by atoms with Crippen LogP contribution >= 0.6 is 15.6 Å². The molecule has 0 aromatic carbocycles. The quantitative estimate of drug-likeness (QED) is 0.0222. The molecule has 0 aliphatic rings. The number of hydrogen-bond donors (Lipinski definition) is 3. The van der Waals surface area contributed by atoms with Crippen molar-refractivity contribution >= 4 is 39.5 Å². The molecule has 3 N–H and O–H groups in total. The Morgan fingerprint density at radius 3 is 0.708 bits per heavy atom. The molecule has 0 amide bonds. The van der Waals surface area contributed by atoms with Gasteiger partial charge in [0.05, 0.1) is 26.4 Å². The molecule has 19 heteroatoms. The number of esters is 4. The number of ether oxygens (including phenoxy) is 4. The first-order valence-corrected chi connectivity index (χ1v) is 43.1. The lowest BCUT2D eigenvalue weighted by atomic mass is 10.0. The van der Waals surface area contributed by atoms with E-state index in [0.717, 1.165) is 109 Å². The first-order valence-electron chi connectivity index (χ1n) is 40.1. The van der Waals surface area contributed by atoms with Gasteiger partial charge in [-0.1, -0.05) is 356 Å². The number of carbonyl (C=O) groups is 4. The Morgan fingerprint density at radius 2 is 0.479 bits per heavy atom. The standard InChI is InChI=1S/C77H150O17P2/c1-6-9-12-15-18-20-22-23-24-27-31-34-38-41-46-51-56-61-75(80)88-67-73(94-77(82)63-58-53-48-43-39-35-32-29-26-25-28-30-33-37-40-45-49-54-59-70(4)5)69-92-96(85,86)90-65-71(78)64-89-95(83,84)91-68-72(66-87-74(79)60-55-50-44-17-14-11-8-3)93-76(81)62-57-52-47-42-36-21-19-16-13-10-7-2/h70-73,78H,6-69H2,1-5H3,(H,83,84)(H,85,86)/t71-,72+,73+/m0/s1. The fraction of sp³-hybridized carbons (Fsp3) is 0.948. The molecular formula is C77H150O17P2. The molecule has 0 saturated carbocycles. The van der Waals surface area contributed by atoms with Gasteiger partial charge in [0.15, 0.2) is 12.2 Å². The second-order valence-corrected chi connectivity index (χ2v) is 31.1. The smallest absolute Gasteiger partial charge is 0.462 e. The van der Waals surface area contributed by atoms with E-state index < -0.39 is 97.5 Å². The fourth-order valence-corrected chi connectivity index (χ4v) is 13.5. The summed E-state index contributed by atoms with van der Waals surface area (Å²) < 4.78 is 68.4. The van der Waals surface area contributed by atoms with E-state index in [1.807, 2.05) is 0 Å². The highest BCUT2D eigenvalue weighted by Crippen LogP contribution is 2.45. The second kappa shape index (κ2) is 70.1. The Labute approximate surface area is 588 Å². The highest BCUT2D eigenvalue weighted by molar-refractivity contribution is 7.47. The van der Waals surface area contributed by atoms with Gasteiger partial charge in [-0.2, -0.15) is 0 Å². The lowest BCUT2D eigenvalue weighted by Crippen LogP contribution is -2.30. The third kappa shape index (κ3) is 70.5. The lowest BCUT2D eigenvalue weighted by Gasteiger charge is -2.21. The summed E-state index contributed by atoms with van der Waals surface area (Å²) in [5.74, 6) is -1.30. The van der Waals surface area contributed by atoms with Crippen molar-refractivity contribution in [2.75, 3.05) is 39.6 Å². The molecule has 0 aromatic rings. The van der Waals surface area contributed by atoms with E-state index in [-0.39, 0.29) is 25.7 Å². The average Bonchev–Trinajstić information content (AvgIpc) is 2.64. The first kappa shape index (κ1) is 94.1. The average molecular weight is 1410 g/mol. The topological polar surface area (TPSA) is 237 Å². The summed E-state index contributed by atoms with van der Waals surface area (Å²) in [7, 11) is -9.90. The van der Waals surface area contributed by atoms with E-state index in [1.54, 1.807) is 0 Å². The zero-order valence-electron chi connectivity index (χ0n) is 62.5. The fourth-order valence-electron chi connectivity index (χ4n) is 11.9. The molecule has 17 nitrogen and oxygen atoms in total. The van der Waals surface area contributed by atoms with E-state index in [0.29, 0.717) is 25.7 Å². The Bertz CT molecular complexity index is 1840. The zero-order valence-corrected chi connectivity index (χ0v) is 64.3. The van der Waals surface area contributed by atoms with Gasteiger partial charge in [0.25, 0.3) is 0 Å². The van der Waals surface area contributed by atoms with Crippen molar-refractivity contribution in [3.63, 3.8) is 0 Å². The number of carbonyl (C=O) groups excluding carboxylic acids is 4. The number of hydrogen-bond acceptors (Lipinski definition) is 15. The monoisotopic (exact) mass is 1410 g/mol. The molecule has 96 heavy (non-hydrogen) atoms. The van der Waals surface area contributed by atoms with Crippen LogP contribution in [0.15, 0.2) is 0 Å². The van der Waals surface area contributed by atoms with Crippen molar-refractivity contribution in [1.29, 1.82) is 0 Å². The molecule has 0 aliphatic heterocycles. The third-order valence-electron chi connectivity index (χ3n) is 18.0. The summed E-state index contributed by atoms with van der Waals surface area (Å²) in [5.41, 5.74) is 0. The molecular weight excluding hydrogens is 1260 g/mol. The van der Waals surface area contributed by atoms with Crippen LogP contribution in [0, 0.1) is 5.92 Å². The van der Waals surface area contributed by atoms with Gasteiger partial charge in [0, 0.05) is 25.7 Å². The van der Waals surface area contributed by atoms with E-state index in [9.17, 15) is 43.2 Å². The van der Waals surface area contributed by atoms with Crippen LogP contribution in [0.4, 0.5) is 0 Å². The minimum atomic E-state index is -4.96. The van der Waals surface area contributed by atoms with E-state index in [1.165, 1.54) is 218 Å². The van der Waals surface area contributed by atoms with E-state index in [2.05, 4.69) is 34.6 Å². The number of phosphoric acid groups is 2. The third-order valence-corrected chi connectivity index (χ3v) is 19.9. The maximum absolute atomic E-state index is 13.1. The maximum Gasteiger partial charge on any atom is 0.472 e. The van der Waals surface area contributed by atoms with Crippen LogP contribution in [0.2, 0.25) is 0 Å². The predicted octanol–water partition coefficient (Wildman–Crippen LogP) is 22.9. The highest BCUT2D eigenvalue weighted by Gasteiger charge is 2.30. The van der Waals surface area contributed by atoms with Crippen molar-refractivity contribution in [1.82, 2.24) is 0 Å². The van der Waals surface area contributed by atoms with Crippen LogP contribution < -0.4 is 0 Å². The molecule has 0 aliphatic carbocycles. The molecule has 5 atom stereocenters. The SMILES string of the molecule is CCCCCCCCCCCCCCCCCCCC(=O)OC[C@H](COP(=O)(O)OC[C@@H](O)COP(=O)(O)OC[C@@H](COC(=O)CCCCCCCCC)OC(=O)CCCCCCCCCCCCC)OC(=O)CCCCCCCCCCCCCCCCCCCCC(C)C. The van der Waals surface area contributed by atoms with Crippen molar-refractivity contribution in [2.24, 2.45) is 5.92 Å². The van der Waals surface area contributed by atoms with Crippen LogP contribution in [-0.4, -0.2) is 96.7 Å². The summed E-state index contributed by atoms with van der Waals surface area (Å²) in [4.78, 5) is 72.7. The van der Waals surface area contributed by atoms with Crippen LogP contribution in [0.1, 0.15) is 407 Å². The molecule has 0 radical (unpaired) electrons. The molecule has 0 bridgehead atoms. The highest BCUT2D eigenvalue weighted by atomic mass is 31.2. The number of rotatable bonds is 77. The van der Waals surface area contributed by atoms with Gasteiger partial charge in [0.2, 0.25) is 0 Å². The summed E-state index contributed by atoms with van der Waals surface area (Å²) in [6.45, 7) is 7.29. The van der Waals surface area contributed by atoms with E-state index >= 15 is 0 Å². The molecule has 0 heterocycles. The maximum atomic E-state index is 13.1.